The first-order valence-electron chi connectivity index (χ1n) is 9.46. The SMILES string of the molecule is Cc1ccccc1N(C)C1(c2ccccc2)CCC2(CC1)CNC(=O)N2. The summed E-state index contributed by atoms with van der Waals surface area (Å²) in [5, 5.41) is 6.13. The number of hydrogen-bond donors (Lipinski definition) is 2. The molecular formula is C22H27N3O. The summed E-state index contributed by atoms with van der Waals surface area (Å²) in [6.07, 6.45) is 4.00. The van der Waals surface area contributed by atoms with Crippen molar-refractivity contribution >= 4 is 11.7 Å². The van der Waals surface area contributed by atoms with Crippen molar-refractivity contribution in [3.63, 3.8) is 0 Å². The summed E-state index contributed by atoms with van der Waals surface area (Å²) in [4.78, 5) is 14.2. The van der Waals surface area contributed by atoms with Crippen molar-refractivity contribution in [1.29, 1.82) is 0 Å². The Morgan fingerprint density at radius 2 is 1.58 bits per heavy atom. The molecule has 2 amide bonds. The molecule has 26 heavy (non-hydrogen) atoms. The minimum absolute atomic E-state index is 0.0236. The highest BCUT2D eigenvalue weighted by Gasteiger charge is 2.48. The summed E-state index contributed by atoms with van der Waals surface area (Å²) in [6.45, 7) is 2.92. The lowest BCUT2D eigenvalue weighted by atomic mass is 9.68. The summed E-state index contributed by atoms with van der Waals surface area (Å²) in [5.41, 5.74) is 3.80. The van der Waals surface area contributed by atoms with Gasteiger partial charge in [-0.2, -0.15) is 0 Å². The van der Waals surface area contributed by atoms with E-state index >= 15 is 0 Å². The zero-order valence-electron chi connectivity index (χ0n) is 15.6. The molecule has 0 aromatic heterocycles. The molecule has 0 unspecified atom stereocenters. The lowest BCUT2D eigenvalue weighted by Crippen LogP contribution is -2.55. The molecule has 4 nitrogen and oxygen atoms in total. The highest BCUT2D eigenvalue weighted by atomic mass is 16.2. The number of nitrogens with zero attached hydrogens (tertiary/aromatic N) is 1. The molecule has 1 aliphatic carbocycles. The second kappa shape index (κ2) is 6.35. The van der Waals surface area contributed by atoms with Gasteiger partial charge in [0.05, 0.1) is 11.1 Å². The van der Waals surface area contributed by atoms with Crippen LogP contribution in [0.15, 0.2) is 54.6 Å². The summed E-state index contributed by atoms with van der Waals surface area (Å²) in [6, 6.07) is 19.4. The first-order valence-corrected chi connectivity index (χ1v) is 9.46. The van der Waals surface area contributed by atoms with Gasteiger partial charge in [0.25, 0.3) is 0 Å². The van der Waals surface area contributed by atoms with Crippen molar-refractivity contribution in [2.75, 3.05) is 18.5 Å². The Bertz CT molecular complexity index is 794. The lowest BCUT2D eigenvalue weighted by molar-refractivity contribution is 0.186. The third-order valence-corrected chi connectivity index (χ3v) is 6.43. The monoisotopic (exact) mass is 349 g/mol. The molecule has 2 N–H and O–H groups in total. The Morgan fingerprint density at radius 1 is 0.923 bits per heavy atom. The van der Waals surface area contributed by atoms with E-state index in [2.05, 4.69) is 84.1 Å². The third kappa shape index (κ3) is 2.74. The number of hydrogen-bond acceptors (Lipinski definition) is 2. The third-order valence-electron chi connectivity index (χ3n) is 6.43. The Kier molecular flexibility index (Phi) is 4.14. The normalized spacial score (nSPS) is 27.8. The van der Waals surface area contributed by atoms with E-state index in [1.54, 1.807) is 0 Å². The second-order valence-electron chi connectivity index (χ2n) is 7.83. The van der Waals surface area contributed by atoms with Gasteiger partial charge in [-0.25, -0.2) is 4.79 Å². The number of carbonyl (C=O) groups is 1. The van der Waals surface area contributed by atoms with E-state index in [0.717, 1.165) is 32.2 Å². The van der Waals surface area contributed by atoms with Gasteiger partial charge in [-0.05, 0) is 49.8 Å². The molecule has 1 heterocycles. The summed E-state index contributed by atoms with van der Waals surface area (Å²) in [7, 11) is 2.22. The first kappa shape index (κ1) is 17.0. The van der Waals surface area contributed by atoms with Crippen molar-refractivity contribution in [2.24, 2.45) is 0 Å². The molecule has 2 fully saturated rings. The minimum Gasteiger partial charge on any atom is -0.365 e. The molecule has 1 saturated carbocycles. The van der Waals surface area contributed by atoms with Crippen LogP contribution in [-0.4, -0.2) is 25.2 Å². The quantitative estimate of drug-likeness (QED) is 0.881. The number of carbonyl (C=O) groups excluding carboxylic acids is 1. The number of para-hydroxylation sites is 1. The minimum atomic E-state index is -0.0814. The van der Waals surface area contributed by atoms with Crippen LogP contribution in [0.4, 0.5) is 10.5 Å². The number of benzene rings is 2. The standard InChI is InChI=1S/C22H27N3O/c1-17-8-6-7-11-19(17)25(2)22(18-9-4-3-5-10-18)14-12-21(13-15-22)16-23-20(26)24-21/h3-11H,12-16H2,1-2H3,(H2,23,24,26). The fraction of sp³-hybridized carbons (Fsp3) is 0.409. The van der Waals surface area contributed by atoms with Crippen LogP contribution in [0.5, 0.6) is 0 Å². The smallest absolute Gasteiger partial charge is 0.315 e. The van der Waals surface area contributed by atoms with Crippen molar-refractivity contribution in [3.8, 4) is 0 Å². The maximum Gasteiger partial charge on any atom is 0.315 e. The summed E-state index contributed by atoms with van der Waals surface area (Å²) in [5.74, 6) is 0. The Labute approximate surface area is 155 Å². The fourth-order valence-electron chi connectivity index (χ4n) is 4.76. The highest BCUT2D eigenvalue weighted by Crippen LogP contribution is 2.47. The van der Waals surface area contributed by atoms with E-state index < -0.39 is 0 Å². The van der Waals surface area contributed by atoms with Crippen molar-refractivity contribution in [2.45, 2.75) is 43.7 Å². The van der Waals surface area contributed by atoms with E-state index in [-0.39, 0.29) is 17.1 Å². The number of anilines is 1. The van der Waals surface area contributed by atoms with E-state index in [0.29, 0.717) is 0 Å². The van der Waals surface area contributed by atoms with Crippen LogP contribution in [0.1, 0.15) is 36.8 Å². The number of urea groups is 1. The van der Waals surface area contributed by atoms with Crippen molar-refractivity contribution in [3.05, 3.63) is 65.7 Å². The zero-order valence-corrected chi connectivity index (χ0v) is 15.6. The lowest BCUT2D eigenvalue weighted by Gasteiger charge is -2.51. The van der Waals surface area contributed by atoms with Gasteiger partial charge >= 0.3 is 6.03 Å². The molecule has 1 aliphatic heterocycles. The van der Waals surface area contributed by atoms with Crippen LogP contribution < -0.4 is 15.5 Å². The average Bonchev–Trinajstić information content (AvgIpc) is 3.04. The summed E-state index contributed by atoms with van der Waals surface area (Å²) >= 11 is 0. The van der Waals surface area contributed by atoms with E-state index in [1.807, 2.05) is 0 Å². The predicted octanol–water partition coefficient (Wildman–Crippen LogP) is 3.95. The Balaban J connectivity index is 1.71. The molecule has 4 rings (SSSR count). The van der Waals surface area contributed by atoms with Crippen LogP contribution in [0, 0.1) is 6.92 Å². The van der Waals surface area contributed by atoms with Gasteiger partial charge in [0.15, 0.2) is 0 Å². The second-order valence-corrected chi connectivity index (χ2v) is 7.83. The fourth-order valence-corrected chi connectivity index (χ4v) is 4.76. The molecular weight excluding hydrogens is 322 g/mol. The zero-order chi connectivity index (χ0) is 18.2. The van der Waals surface area contributed by atoms with Gasteiger partial charge in [0.1, 0.15) is 0 Å². The molecule has 2 aliphatic rings. The average molecular weight is 349 g/mol. The molecule has 2 aromatic rings. The largest absolute Gasteiger partial charge is 0.365 e. The highest BCUT2D eigenvalue weighted by molar-refractivity contribution is 5.77. The maximum absolute atomic E-state index is 11.7. The van der Waals surface area contributed by atoms with Crippen LogP contribution in [0.2, 0.25) is 0 Å². The predicted molar refractivity (Wildman–Crippen MR) is 105 cm³/mol. The topological polar surface area (TPSA) is 44.4 Å². The first-order chi connectivity index (χ1) is 12.5. The molecule has 0 radical (unpaired) electrons. The van der Waals surface area contributed by atoms with Crippen LogP contribution >= 0.6 is 0 Å². The molecule has 1 spiro atoms. The van der Waals surface area contributed by atoms with Gasteiger partial charge in [0, 0.05) is 19.3 Å². The van der Waals surface area contributed by atoms with Gasteiger partial charge in [-0.3, -0.25) is 0 Å². The van der Waals surface area contributed by atoms with Gasteiger partial charge in [0.2, 0.25) is 0 Å². The Hall–Kier alpha value is -2.49. The molecule has 136 valence electrons. The van der Waals surface area contributed by atoms with Gasteiger partial charge in [-0.15, -0.1) is 0 Å². The number of amides is 2. The molecule has 0 bridgehead atoms. The number of rotatable bonds is 3. The maximum atomic E-state index is 11.7. The summed E-state index contributed by atoms with van der Waals surface area (Å²) < 4.78 is 0. The van der Waals surface area contributed by atoms with Crippen molar-refractivity contribution < 1.29 is 4.79 Å². The number of nitrogens with one attached hydrogen (secondary N) is 2. The van der Waals surface area contributed by atoms with Crippen LogP contribution in [-0.2, 0) is 5.54 Å². The van der Waals surface area contributed by atoms with Gasteiger partial charge < -0.3 is 15.5 Å². The molecule has 1 saturated heterocycles. The van der Waals surface area contributed by atoms with Gasteiger partial charge in [-0.1, -0.05) is 48.5 Å². The Morgan fingerprint density at radius 3 is 2.19 bits per heavy atom. The van der Waals surface area contributed by atoms with Crippen LogP contribution in [0.3, 0.4) is 0 Å². The van der Waals surface area contributed by atoms with E-state index in [1.165, 1.54) is 16.8 Å². The molecule has 0 atom stereocenters. The van der Waals surface area contributed by atoms with E-state index in [9.17, 15) is 4.79 Å². The molecule has 4 heteroatoms. The van der Waals surface area contributed by atoms with Crippen LogP contribution in [0.25, 0.3) is 0 Å². The van der Waals surface area contributed by atoms with Crippen molar-refractivity contribution in [1.82, 2.24) is 10.6 Å². The number of aryl methyl sites for hydroxylation is 1. The van der Waals surface area contributed by atoms with E-state index in [4.69, 9.17) is 0 Å². The molecule has 2 aromatic carbocycles.